The molecule has 0 fully saturated rings. The second-order valence-electron chi connectivity index (χ2n) is 3.69. The molecule has 0 aliphatic carbocycles. The Morgan fingerprint density at radius 1 is 1.24 bits per heavy atom. The summed E-state index contributed by atoms with van der Waals surface area (Å²) in [4.78, 5) is 4.20. The van der Waals surface area contributed by atoms with Crippen LogP contribution in [0.3, 0.4) is 0 Å². The molecule has 0 unspecified atom stereocenters. The highest BCUT2D eigenvalue weighted by Gasteiger charge is 2.08. The number of halogens is 1. The lowest BCUT2D eigenvalue weighted by Gasteiger charge is -1.99. The van der Waals surface area contributed by atoms with Gasteiger partial charge in [-0.25, -0.2) is 13.9 Å². The van der Waals surface area contributed by atoms with Crippen molar-refractivity contribution in [1.29, 1.82) is 0 Å². The lowest BCUT2D eigenvalue weighted by Crippen LogP contribution is -1.95. The number of hydrogen-bond acceptors (Lipinski definition) is 3. The SMILES string of the molecule is Nc1ccn2ncc(-c3cccc(F)c3)c2n1. The Morgan fingerprint density at radius 3 is 2.94 bits per heavy atom. The van der Waals surface area contributed by atoms with Crippen LogP contribution in [0.1, 0.15) is 0 Å². The second-order valence-corrected chi connectivity index (χ2v) is 3.69. The molecule has 84 valence electrons. The molecular formula is C12H9FN4. The van der Waals surface area contributed by atoms with Gasteiger partial charge in [-0.15, -0.1) is 0 Å². The molecule has 0 saturated carbocycles. The summed E-state index contributed by atoms with van der Waals surface area (Å²) in [6, 6.07) is 7.97. The summed E-state index contributed by atoms with van der Waals surface area (Å²) in [5.41, 5.74) is 7.75. The number of rotatable bonds is 1. The van der Waals surface area contributed by atoms with Crippen LogP contribution in [0, 0.1) is 5.82 Å². The lowest BCUT2D eigenvalue weighted by atomic mass is 10.1. The average Bonchev–Trinajstić information content (AvgIpc) is 2.71. The van der Waals surface area contributed by atoms with Crippen LogP contribution in [0.2, 0.25) is 0 Å². The molecule has 5 heteroatoms. The molecule has 0 aliphatic heterocycles. The van der Waals surface area contributed by atoms with Crippen LogP contribution in [-0.4, -0.2) is 14.6 Å². The van der Waals surface area contributed by atoms with Crippen molar-refractivity contribution < 1.29 is 4.39 Å². The van der Waals surface area contributed by atoms with E-state index in [1.165, 1.54) is 12.1 Å². The molecule has 0 bridgehead atoms. The molecule has 3 rings (SSSR count). The van der Waals surface area contributed by atoms with Crippen LogP contribution in [0.25, 0.3) is 16.8 Å². The molecule has 17 heavy (non-hydrogen) atoms. The third kappa shape index (κ3) is 1.61. The topological polar surface area (TPSA) is 56.2 Å². The summed E-state index contributed by atoms with van der Waals surface area (Å²) >= 11 is 0. The molecule has 2 heterocycles. The number of aromatic nitrogens is 3. The summed E-state index contributed by atoms with van der Waals surface area (Å²) in [6.07, 6.45) is 3.37. The summed E-state index contributed by atoms with van der Waals surface area (Å²) in [7, 11) is 0. The van der Waals surface area contributed by atoms with Crippen LogP contribution in [0.5, 0.6) is 0 Å². The van der Waals surface area contributed by atoms with Gasteiger partial charge in [0.1, 0.15) is 11.6 Å². The van der Waals surface area contributed by atoms with E-state index in [1.807, 2.05) is 6.07 Å². The Labute approximate surface area is 96.5 Å². The van der Waals surface area contributed by atoms with Gasteiger partial charge >= 0.3 is 0 Å². The maximum atomic E-state index is 13.2. The number of nitrogens with two attached hydrogens (primary N) is 1. The standard InChI is InChI=1S/C12H9FN4/c13-9-3-1-2-8(6-9)10-7-15-17-5-4-11(14)16-12(10)17/h1-7H,(H2,14,16). The van der Waals surface area contributed by atoms with Crippen LogP contribution in [-0.2, 0) is 0 Å². The fourth-order valence-electron chi connectivity index (χ4n) is 1.74. The van der Waals surface area contributed by atoms with Crippen molar-refractivity contribution in [3.63, 3.8) is 0 Å². The van der Waals surface area contributed by atoms with E-state index < -0.39 is 0 Å². The van der Waals surface area contributed by atoms with Gasteiger partial charge in [0.05, 0.1) is 6.20 Å². The van der Waals surface area contributed by atoms with Gasteiger partial charge in [-0.3, -0.25) is 0 Å². The second kappa shape index (κ2) is 3.55. The van der Waals surface area contributed by atoms with Crippen molar-refractivity contribution in [2.75, 3.05) is 5.73 Å². The Balaban J connectivity index is 2.27. The van der Waals surface area contributed by atoms with Crippen molar-refractivity contribution in [2.24, 2.45) is 0 Å². The number of anilines is 1. The highest BCUT2D eigenvalue weighted by molar-refractivity contribution is 5.77. The Kier molecular flexibility index (Phi) is 2.04. The minimum atomic E-state index is -0.286. The molecular weight excluding hydrogens is 219 g/mol. The number of fused-ring (bicyclic) bond motifs is 1. The lowest BCUT2D eigenvalue weighted by molar-refractivity contribution is 0.628. The molecule has 2 aromatic heterocycles. The van der Waals surface area contributed by atoms with E-state index >= 15 is 0 Å². The average molecular weight is 228 g/mol. The number of nitrogen functional groups attached to an aromatic ring is 1. The zero-order chi connectivity index (χ0) is 11.8. The first-order chi connectivity index (χ1) is 8.24. The maximum Gasteiger partial charge on any atom is 0.165 e. The van der Waals surface area contributed by atoms with Gasteiger partial charge in [-0.1, -0.05) is 12.1 Å². The zero-order valence-corrected chi connectivity index (χ0v) is 8.84. The Morgan fingerprint density at radius 2 is 2.12 bits per heavy atom. The van der Waals surface area contributed by atoms with Crippen LogP contribution in [0.4, 0.5) is 10.2 Å². The van der Waals surface area contributed by atoms with Gasteiger partial charge < -0.3 is 5.73 Å². The van der Waals surface area contributed by atoms with E-state index in [9.17, 15) is 4.39 Å². The van der Waals surface area contributed by atoms with E-state index in [-0.39, 0.29) is 5.82 Å². The summed E-state index contributed by atoms with van der Waals surface area (Å²) in [5, 5.41) is 4.14. The molecule has 0 atom stereocenters. The summed E-state index contributed by atoms with van der Waals surface area (Å²) < 4.78 is 14.8. The third-order valence-corrected chi connectivity index (χ3v) is 2.53. The molecule has 0 amide bonds. The number of hydrogen-bond donors (Lipinski definition) is 1. The minimum absolute atomic E-state index is 0.286. The summed E-state index contributed by atoms with van der Waals surface area (Å²) in [6.45, 7) is 0. The van der Waals surface area contributed by atoms with Crippen molar-refractivity contribution in [2.45, 2.75) is 0 Å². The Bertz CT molecular complexity index is 690. The number of nitrogens with zero attached hydrogens (tertiary/aromatic N) is 3. The fourth-order valence-corrected chi connectivity index (χ4v) is 1.74. The van der Waals surface area contributed by atoms with E-state index in [0.717, 1.165) is 11.1 Å². The third-order valence-electron chi connectivity index (χ3n) is 2.53. The van der Waals surface area contributed by atoms with Crippen molar-refractivity contribution in [1.82, 2.24) is 14.6 Å². The van der Waals surface area contributed by atoms with Gasteiger partial charge in [0.15, 0.2) is 5.65 Å². The van der Waals surface area contributed by atoms with E-state index in [2.05, 4.69) is 10.1 Å². The van der Waals surface area contributed by atoms with Crippen LogP contribution < -0.4 is 5.73 Å². The molecule has 4 nitrogen and oxygen atoms in total. The van der Waals surface area contributed by atoms with E-state index in [1.54, 1.807) is 29.0 Å². The molecule has 3 aromatic rings. The van der Waals surface area contributed by atoms with Gasteiger partial charge in [0.25, 0.3) is 0 Å². The predicted octanol–water partition coefficient (Wildman–Crippen LogP) is 2.12. The molecule has 2 N–H and O–H groups in total. The van der Waals surface area contributed by atoms with Crippen molar-refractivity contribution in [3.05, 3.63) is 48.5 Å². The van der Waals surface area contributed by atoms with Gasteiger partial charge in [-0.05, 0) is 23.8 Å². The minimum Gasteiger partial charge on any atom is -0.384 e. The largest absolute Gasteiger partial charge is 0.384 e. The first-order valence-corrected chi connectivity index (χ1v) is 5.10. The normalized spacial score (nSPS) is 10.9. The Hall–Kier alpha value is -2.43. The highest BCUT2D eigenvalue weighted by atomic mass is 19.1. The fraction of sp³-hybridized carbons (Fsp3) is 0. The molecule has 0 radical (unpaired) electrons. The van der Waals surface area contributed by atoms with Crippen LogP contribution in [0.15, 0.2) is 42.7 Å². The quantitative estimate of drug-likeness (QED) is 0.694. The maximum absolute atomic E-state index is 13.2. The van der Waals surface area contributed by atoms with E-state index in [0.29, 0.717) is 11.5 Å². The van der Waals surface area contributed by atoms with Gasteiger partial charge in [-0.2, -0.15) is 5.10 Å². The van der Waals surface area contributed by atoms with Crippen molar-refractivity contribution >= 4 is 11.5 Å². The first-order valence-electron chi connectivity index (χ1n) is 5.10. The highest BCUT2D eigenvalue weighted by Crippen LogP contribution is 2.24. The molecule has 0 spiro atoms. The van der Waals surface area contributed by atoms with Gasteiger partial charge in [0, 0.05) is 11.8 Å². The summed E-state index contributed by atoms with van der Waals surface area (Å²) in [5.74, 6) is 0.126. The van der Waals surface area contributed by atoms with Crippen LogP contribution >= 0.6 is 0 Å². The monoisotopic (exact) mass is 228 g/mol. The zero-order valence-electron chi connectivity index (χ0n) is 8.84. The first kappa shape index (κ1) is 9.77. The molecule has 1 aromatic carbocycles. The molecule has 0 aliphatic rings. The smallest absolute Gasteiger partial charge is 0.165 e. The predicted molar refractivity (Wildman–Crippen MR) is 62.8 cm³/mol. The van der Waals surface area contributed by atoms with Gasteiger partial charge in [0.2, 0.25) is 0 Å². The van der Waals surface area contributed by atoms with Crippen molar-refractivity contribution in [3.8, 4) is 11.1 Å². The molecule has 0 saturated heterocycles. The number of benzene rings is 1. The van der Waals surface area contributed by atoms with E-state index in [4.69, 9.17) is 5.73 Å².